The van der Waals surface area contributed by atoms with Crippen LogP contribution in [0.3, 0.4) is 0 Å². The van der Waals surface area contributed by atoms with Crippen LogP contribution in [-0.4, -0.2) is 16.1 Å². The number of thioether (sulfide) groups is 1. The maximum absolute atomic E-state index is 10.6. The Morgan fingerprint density at radius 1 is 1.33 bits per heavy atom. The van der Waals surface area contributed by atoms with Crippen LogP contribution >= 0.6 is 43.6 Å². The van der Waals surface area contributed by atoms with Gasteiger partial charge in [0.05, 0.1) is 0 Å². The summed E-state index contributed by atoms with van der Waals surface area (Å²) in [5.41, 5.74) is 0.331. The molecule has 15 heavy (non-hydrogen) atoms. The molecule has 2 rings (SSSR count). The van der Waals surface area contributed by atoms with Crippen molar-refractivity contribution in [1.82, 2.24) is 0 Å². The average Bonchev–Trinajstić information content (AvgIpc) is 2.47. The molecule has 0 spiro atoms. The smallest absolute Gasteiger partial charge is 0.102 e. The predicted molar refractivity (Wildman–Crippen MR) is 72.3 cm³/mol. The van der Waals surface area contributed by atoms with Crippen LogP contribution in [0, 0.1) is 0 Å². The highest BCUT2D eigenvalue weighted by molar-refractivity contribution is 9.11. The molecule has 1 aromatic rings. The van der Waals surface area contributed by atoms with Crippen LogP contribution in [-0.2, 0) is 5.60 Å². The van der Waals surface area contributed by atoms with E-state index < -0.39 is 5.60 Å². The average molecular weight is 352 g/mol. The fourth-order valence-electron chi connectivity index (χ4n) is 1.92. The van der Waals surface area contributed by atoms with Gasteiger partial charge in [0.1, 0.15) is 5.60 Å². The van der Waals surface area contributed by atoms with E-state index in [1.165, 1.54) is 0 Å². The lowest BCUT2D eigenvalue weighted by atomic mass is 9.89. The van der Waals surface area contributed by atoms with Gasteiger partial charge in [-0.3, -0.25) is 0 Å². The van der Waals surface area contributed by atoms with Crippen molar-refractivity contribution in [2.75, 3.05) is 5.75 Å². The van der Waals surface area contributed by atoms with Crippen molar-refractivity contribution in [2.24, 2.45) is 0 Å². The van der Waals surface area contributed by atoms with E-state index in [1.807, 2.05) is 30.0 Å². The molecule has 1 saturated heterocycles. The third-order valence-electron chi connectivity index (χ3n) is 2.89. The highest BCUT2D eigenvalue weighted by Gasteiger charge is 2.40. The van der Waals surface area contributed by atoms with Crippen molar-refractivity contribution < 1.29 is 5.11 Å². The minimum Gasteiger partial charge on any atom is -0.384 e. The zero-order valence-electron chi connectivity index (χ0n) is 8.34. The lowest BCUT2D eigenvalue weighted by molar-refractivity contribution is 0.0426. The second-order valence-corrected chi connectivity index (χ2v) is 7.13. The second-order valence-electron chi connectivity index (χ2n) is 3.85. The van der Waals surface area contributed by atoms with Crippen LogP contribution in [0.25, 0.3) is 0 Å². The number of hydrogen-bond acceptors (Lipinski definition) is 2. The topological polar surface area (TPSA) is 20.2 Å². The van der Waals surface area contributed by atoms with Crippen molar-refractivity contribution in [3.05, 3.63) is 32.7 Å². The van der Waals surface area contributed by atoms with Crippen molar-refractivity contribution in [3.8, 4) is 0 Å². The summed E-state index contributed by atoms with van der Waals surface area (Å²) in [7, 11) is 0. The van der Waals surface area contributed by atoms with E-state index in [9.17, 15) is 5.11 Å². The first-order valence-electron chi connectivity index (χ1n) is 4.83. The Hall–Kier alpha value is 0.490. The molecule has 0 radical (unpaired) electrons. The predicted octanol–water partition coefficient (Wildman–Crippen LogP) is 3.92. The Morgan fingerprint density at radius 3 is 2.40 bits per heavy atom. The summed E-state index contributed by atoms with van der Waals surface area (Å²) in [6, 6.07) is 6.00. The Kier molecular flexibility index (Phi) is 3.51. The fraction of sp³-hybridized carbons (Fsp3) is 0.455. The Morgan fingerprint density at radius 2 is 1.93 bits per heavy atom. The summed E-state index contributed by atoms with van der Waals surface area (Å²) in [6.07, 6.45) is 0.835. The summed E-state index contributed by atoms with van der Waals surface area (Å²) < 4.78 is 2.01. The number of aliphatic hydroxyl groups is 1. The zero-order chi connectivity index (χ0) is 11.1. The van der Waals surface area contributed by atoms with Crippen LogP contribution in [0.4, 0.5) is 0 Å². The molecule has 0 amide bonds. The van der Waals surface area contributed by atoms with E-state index in [2.05, 4.69) is 38.8 Å². The number of hydrogen-bond donors (Lipinski definition) is 1. The maximum Gasteiger partial charge on any atom is 0.102 e. The molecule has 1 heterocycles. The first-order chi connectivity index (χ1) is 7.02. The monoisotopic (exact) mass is 350 g/mol. The molecule has 4 heteroatoms. The van der Waals surface area contributed by atoms with Gasteiger partial charge in [0.2, 0.25) is 0 Å². The van der Waals surface area contributed by atoms with Gasteiger partial charge in [-0.1, -0.05) is 38.8 Å². The maximum atomic E-state index is 10.6. The van der Waals surface area contributed by atoms with Gasteiger partial charge in [0.15, 0.2) is 0 Å². The van der Waals surface area contributed by atoms with Crippen LogP contribution in [0.2, 0.25) is 0 Å². The molecule has 1 nitrogen and oxygen atoms in total. The van der Waals surface area contributed by atoms with Gasteiger partial charge >= 0.3 is 0 Å². The SMILES string of the molecule is C[C@@H]1SCC[C@@]1(O)c1cc(Br)cc(Br)c1. The molecule has 1 aliphatic heterocycles. The minimum absolute atomic E-state index is 0.263. The van der Waals surface area contributed by atoms with Gasteiger partial charge in [-0.15, -0.1) is 0 Å². The lowest BCUT2D eigenvalue weighted by Gasteiger charge is -2.27. The van der Waals surface area contributed by atoms with E-state index in [0.29, 0.717) is 0 Å². The first kappa shape index (κ1) is 12.0. The van der Waals surface area contributed by atoms with Crippen LogP contribution < -0.4 is 0 Å². The highest BCUT2D eigenvalue weighted by atomic mass is 79.9. The highest BCUT2D eigenvalue weighted by Crippen LogP contribution is 2.44. The number of halogens is 2. The van der Waals surface area contributed by atoms with E-state index in [0.717, 1.165) is 26.7 Å². The molecule has 0 saturated carbocycles. The molecule has 1 fully saturated rings. The Balaban J connectivity index is 2.44. The number of benzene rings is 1. The van der Waals surface area contributed by atoms with Gasteiger partial charge in [-0.2, -0.15) is 11.8 Å². The molecule has 1 aliphatic rings. The van der Waals surface area contributed by atoms with E-state index in [1.54, 1.807) is 0 Å². The molecular formula is C11H12Br2OS. The second kappa shape index (κ2) is 4.40. The molecular weight excluding hydrogens is 340 g/mol. The van der Waals surface area contributed by atoms with Gasteiger partial charge in [0, 0.05) is 14.2 Å². The standard InChI is InChI=1S/C11H12Br2OS/c1-7-11(14,2-3-15-7)8-4-9(12)6-10(13)5-8/h4-7,14H,2-3H2,1H3/t7-,11-/m0/s1. The lowest BCUT2D eigenvalue weighted by Crippen LogP contribution is -2.31. The van der Waals surface area contributed by atoms with Crippen LogP contribution in [0.15, 0.2) is 27.1 Å². The summed E-state index contributed by atoms with van der Waals surface area (Å²) in [4.78, 5) is 0. The minimum atomic E-state index is -0.670. The Bertz CT molecular complexity index is 363. The van der Waals surface area contributed by atoms with Gasteiger partial charge in [0.25, 0.3) is 0 Å². The Labute approximate surface area is 111 Å². The quantitative estimate of drug-likeness (QED) is 0.827. The summed E-state index contributed by atoms with van der Waals surface area (Å²) in [5, 5.41) is 10.9. The third kappa shape index (κ3) is 2.28. The summed E-state index contributed by atoms with van der Waals surface area (Å²) >= 11 is 8.74. The molecule has 0 aromatic heterocycles. The fourth-order valence-corrected chi connectivity index (χ4v) is 4.52. The van der Waals surface area contributed by atoms with Gasteiger partial charge < -0.3 is 5.11 Å². The van der Waals surface area contributed by atoms with E-state index in [4.69, 9.17) is 0 Å². The molecule has 2 atom stereocenters. The van der Waals surface area contributed by atoms with Crippen molar-refractivity contribution in [1.29, 1.82) is 0 Å². The van der Waals surface area contributed by atoms with Crippen LogP contribution in [0.1, 0.15) is 18.9 Å². The van der Waals surface area contributed by atoms with E-state index >= 15 is 0 Å². The van der Waals surface area contributed by atoms with Crippen molar-refractivity contribution in [2.45, 2.75) is 24.2 Å². The molecule has 1 aromatic carbocycles. The van der Waals surface area contributed by atoms with Crippen molar-refractivity contribution in [3.63, 3.8) is 0 Å². The van der Waals surface area contributed by atoms with Crippen molar-refractivity contribution >= 4 is 43.6 Å². The normalized spacial score (nSPS) is 30.8. The molecule has 0 unspecified atom stereocenters. The van der Waals surface area contributed by atoms with Gasteiger partial charge in [-0.25, -0.2) is 0 Å². The van der Waals surface area contributed by atoms with Crippen LogP contribution in [0.5, 0.6) is 0 Å². The third-order valence-corrected chi connectivity index (χ3v) is 5.13. The summed E-state index contributed by atoms with van der Waals surface area (Å²) in [6.45, 7) is 2.09. The molecule has 0 bridgehead atoms. The molecule has 0 aliphatic carbocycles. The first-order valence-corrected chi connectivity index (χ1v) is 7.46. The van der Waals surface area contributed by atoms with Gasteiger partial charge in [-0.05, 0) is 35.9 Å². The molecule has 1 N–H and O–H groups in total. The van der Waals surface area contributed by atoms with E-state index in [-0.39, 0.29) is 5.25 Å². The zero-order valence-corrected chi connectivity index (χ0v) is 12.3. The number of rotatable bonds is 1. The molecule has 82 valence electrons. The summed E-state index contributed by atoms with van der Waals surface area (Å²) in [5.74, 6) is 1.03. The largest absolute Gasteiger partial charge is 0.384 e.